The first-order valence-electron chi connectivity index (χ1n) is 5.37. The molecule has 0 unspecified atom stereocenters. The molecule has 0 fully saturated rings. The topological polar surface area (TPSA) is 26.3 Å². The summed E-state index contributed by atoms with van der Waals surface area (Å²) in [6.07, 6.45) is 0.498. The lowest BCUT2D eigenvalue weighted by Gasteiger charge is -2.11. The Morgan fingerprint density at radius 3 is 2.62 bits per heavy atom. The molecule has 16 heavy (non-hydrogen) atoms. The lowest BCUT2D eigenvalue weighted by atomic mass is 9.98. The maximum absolute atomic E-state index is 11.9. The van der Waals surface area contributed by atoms with Gasteiger partial charge in [0.1, 0.15) is 5.75 Å². The van der Waals surface area contributed by atoms with Crippen LogP contribution in [0.5, 0.6) is 5.75 Å². The molecule has 0 radical (unpaired) electrons. The number of ketones is 1. The molecular weight excluding hydrogens is 268 g/mol. The van der Waals surface area contributed by atoms with Crippen LogP contribution in [-0.2, 0) is 0 Å². The van der Waals surface area contributed by atoms with Gasteiger partial charge in [0.15, 0.2) is 5.78 Å². The van der Waals surface area contributed by atoms with Crippen molar-refractivity contribution in [1.29, 1.82) is 0 Å². The van der Waals surface area contributed by atoms with E-state index in [1.54, 1.807) is 7.11 Å². The smallest absolute Gasteiger partial charge is 0.167 e. The monoisotopic (exact) mass is 284 g/mol. The minimum Gasteiger partial charge on any atom is -0.496 e. The zero-order chi connectivity index (χ0) is 12.1. The molecule has 2 nitrogen and oxygen atoms in total. The van der Waals surface area contributed by atoms with Gasteiger partial charge in [0.05, 0.1) is 12.7 Å². The largest absolute Gasteiger partial charge is 0.496 e. The summed E-state index contributed by atoms with van der Waals surface area (Å²) in [7, 11) is 1.59. The number of rotatable bonds is 5. The first kappa shape index (κ1) is 13.2. The van der Waals surface area contributed by atoms with Gasteiger partial charge in [-0.05, 0) is 23.6 Å². The van der Waals surface area contributed by atoms with Crippen molar-refractivity contribution in [2.24, 2.45) is 0 Å². The fraction of sp³-hybridized carbons (Fsp3) is 0.462. The number of alkyl halides is 1. The first-order valence-corrected chi connectivity index (χ1v) is 6.49. The molecule has 0 aliphatic carbocycles. The van der Waals surface area contributed by atoms with Gasteiger partial charge < -0.3 is 4.74 Å². The van der Waals surface area contributed by atoms with Gasteiger partial charge in [-0.25, -0.2) is 0 Å². The van der Waals surface area contributed by atoms with Crippen molar-refractivity contribution >= 4 is 21.7 Å². The molecule has 0 heterocycles. The van der Waals surface area contributed by atoms with Crippen LogP contribution in [0, 0.1) is 0 Å². The highest BCUT2D eigenvalue weighted by Crippen LogP contribution is 2.25. The summed E-state index contributed by atoms with van der Waals surface area (Å²) in [6.45, 7) is 4.22. The van der Waals surface area contributed by atoms with E-state index in [9.17, 15) is 4.79 Å². The van der Waals surface area contributed by atoms with E-state index in [1.807, 2.05) is 18.2 Å². The van der Waals surface area contributed by atoms with E-state index < -0.39 is 0 Å². The minimum atomic E-state index is 0.122. The molecule has 0 atom stereocenters. The van der Waals surface area contributed by atoms with Gasteiger partial charge in [0.25, 0.3) is 0 Å². The number of carbonyl (C=O) groups is 1. The lowest BCUT2D eigenvalue weighted by molar-refractivity contribution is 0.0987. The Labute approximate surface area is 105 Å². The molecule has 0 bridgehead atoms. The summed E-state index contributed by atoms with van der Waals surface area (Å²) in [4.78, 5) is 11.9. The van der Waals surface area contributed by atoms with Crippen LogP contribution >= 0.6 is 15.9 Å². The molecular formula is C13H17BrO2. The maximum Gasteiger partial charge on any atom is 0.167 e. The van der Waals surface area contributed by atoms with Crippen LogP contribution in [0.3, 0.4) is 0 Å². The van der Waals surface area contributed by atoms with E-state index in [0.717, 1.165) is 0 Å². The lowest BCUT2D eigenvalue weighted by Crippen LogP contribution is -2.04. The van der Waals surface area contributed by atoms with E-state index >= 15 is 0 Å². The van der Waals surface area contributed by atoms with Crippen molar-refractivity contribution in [1.82, 2.24) is 0 Å². The van der Waals surface area contributed by atoms with Crippen LogP contribution in [0.4, 0.5) is 0 Å². The zero-order valence-electron chi connectivity index (χ0n) is 9.92. The van der Waals surface area contributed by atoms with Crippen LogP contribution in [0.15, 0.2) is 18.2 Å². The molecule has 1 rings (SSSR count). The summed E-state index contributed by atoms with van der Waals surface area (Å²) < 4.78 is 5.21. The molecule has 0 aromatic heterocycles. The Bertz CT molecular complexity index is 372. The predicted octanol–water partition coefficient (Wildman–Crippen LogP) is 3.79. The van der Waals surface area contributed by atoms with E-state index in [4.69, 9.17) is 4.74 Å². The van der Waals surface area contributed by atoms with Crippen LogP contribution in [-0.4, -0.2) is 18.2 Å². The summed E-state index contributed by atoms with van der Waals surface area (Å²) in [6, 6.07) is 5.82. The van der Waals surface area contributed by atoms with Crippen LogP contribution in [0.25, 0.3) is 0 Å². The maximum atomic E-state index is 11.9. The van der Waals surface area contributed by atoms with Crippen molar-refractivity contribution in [2.45, 2.75) is 26.2 Å². The summed E-state index contributed by atoms with van der Waals surface area (Å²) in [5.41, 5.74) is 1.85. The van der Waals surface area contributed by atoms with Crippen LogP contribution in [0.1, 0.15) is 42.1 Å². The van der Waals surface area contributed by atoms with E-state index in [2.05, 4.69) is 29.8 Å². The molecule has 3 heteroatoms. The fourth-order valence-electron chi connectivity index (χ4n) is 1.52. The third-order valence-electron chi connectivity index (χ3n) is 2.51. The number of methoxy groups -OCH3 is 1. The number of hydrogen-bond acceptors (Lipinski definition) is 2. The average Bonchev–Trinajstić information content (AvgIpc) is 2.28. The second-order valence-corrected chi connectivity index (χ2v) is 4.77. The number of Topliss-reactive ketones (excluding diaryl/α,β-unsaturated/α-hetero) is 1. The predicted molar refractivity (Wildman–Crippen MR) is 69.8 cm³/mol. The second-order valence-electron chi connectivity index (χ2n) is 3.98. The molecule has 0 amide bonds. The third kappa shape index (κ3) is 3.08. The number of carbonyl (C=O) groups excluding carboxylic acids is 1. The number of ether oxygens (including phenoxy) is 1. The minimum absolute atomic E-state index is 0.122. The fourth-order valence-corrected chi connectivity index (χ4v) is 1.88. The highest BCUT2D eigenvalue weighted by molar-refractivity contribution is 9.09. The average molecular weight is 285 g/mol. The molecule has 1 aromatic rings. The molecule has 0 N–H and O–H groups in total. The highest BCUT2D eigenvalue weighted by atomic mass is 79.9. The van der Waals surface area contributed by atoms with Crippen LogP contribution < -0.4 is 4.74 Å². The van der Waals surface area contributed by atoms with Crippen molar-refractivity contribution in [3.63, 3.8) is 0 Å². The Hall–Kier alpha value is -0.830. The van der Waals surface area contributed by atoms with Crippen molar-refractivity contribution < 1.29 is 9.53 Å². The Kier molecular flexibility index (Phi) is 5.00. The van der Waals surface area contributed by atoms with Crippen molar-refractivity contribution in [3.05, 3.63) is 29.3 Å². The number of halogens is 1. The molecule has 88 valence electrons. The molecule has 1 aromatic carbocycles. The normalized spacial score (nSPS) is 10.6. The zero-order valence-corrected chi connectivity index (χ0v) is 11.5. The quantitative estimate of drug-likeness (QED) is 0.608. The Morgan fingerprint density at radius 1 is 1.44 bits per heavy atom. The summed E-state index contributed by atoms with van der Waals surface area (Å²) in [5.74, 6) is 1.20. The Morgan fingerprint density at radius 2 is 2.12 bits per heavy atom. The second kappa shape index (κ2) is 6.04. The summed E-state index contributed by atoms with van der Waals surface area (Å²) >= 11 is 3.28. The first-order chi connectivity index (χ1) is 7.60. The van der Waals surface area contributed by atoms with Gasteiger partial charge in [-0.1, -0.05) is 35.8 Å². The Balaban J connectivity index is 3.11. The van der Waals surface area contributed by atoms with Crippen LogP contribution in [0.2, 0.25) is 0 Å². The van der Waals surface area contributed by atoms with E-state index in [0.29, 0.717) is 29.0 Å². The van der Waals surface area contributed by atoms with E-state index in [1.165, 1.54) is 5.56 Å². The van der Waals surface area contributed by atoms with Gasteiger partial charge in [0, 0.05) is 11.8 Å². The molecule has 0 saturated heterocycles. The number of hydrogen-bond donors (Lipinski definition) is 0. The summed E-state index contributed by atoms with van der Waals surface area (Å²) in [5, 5.41) is 0.681. The van der Waals surface area contributed by atoms with Gasteiger partial charge in [-0.15, -0.1) is 0 Å². The molecule has 0 aliphatic rings. The van der Waals surface area contributed by atoms with Gasteiger partial charge in [0.2, 0.25) is 0 Å². The SMILES string of the molecule is COc1ccc(C(C)C)cc1C(=O)CCBr. The van der Waals surface area contributed by atoms with Crippen molar-refractivity contribution in [2.75, 3.05) is 12.4 Å². The standard InChI is InChI=1S/C13H17BrO2/c1-9(2)10-4-5-13(16-3)11(8-10)12(15)6-7-14/h4-5,8-9H,6-7H2,1-3H3. The van der Waals surface area contributed by atoms with Crippen molar-refractivity contribution in [3.8, 4) is 5.75 Å². The van der Waals surface area contributed by atoms with Gasteiger partial charge in [-0.3, -0.25) is 4.79 Å². The van der Waals surface area contributed by atoms with Gasteiger partial charge in [-0.2, -0.15) is 0 Å². The highest BCUT2D eigenvalue weighted by Gasteiger charge is 2.13. The third-order valence-corrected chi connectivity index (χ3v) is 2.91. The molecule has 0 spiro atoms. The van der Waals surface area contributed by atoms with Gasteiger partial charge >= 0.3 is 0 Å². The number of benzene rings is 1. The molecule has 0 saturated carbocycles. The molecule has 0 aliphatic heterocycles. The van der Waals surface area contributed by atoms with E-state index in [-0.39, 0.29) is 5.78 Å².